The van der Waals surface area contributed by atoms with Crippen molar-refractivity contribution in [1.29, 1.82) is 0 Å². The van der Waals surface area contributed by atoms with Crippen LogP contribution in [-0.4, -0.2) is 55.0 Å². The Morgan fingerprint density at radius 2 is 1.57 bits per heavy atom. The normalized spacial score (nSPS) is 13.5. The van der Waals surface area contributed by atoms with Crippen molar-refractivity contribution in [1.82, 2.24) is 9.88 Å². The smallest absolute Gasteiger partial charge is 0.322 e. The Hall–Kier alpha value is -3.29. The largest absolute Gasteiger partial charge is 0.497 e. The highest BCUT2D eigenvalue weighted by molar-refractivity contribution is 6.39. The molecule has 2 heterocycles. The van der Waals surface area contributed by atoms with E-state index in [2.05, 4.69) is 15.2 Å². The molecule has 0 radical (unpaired) electrons. The van der Waals surface area contributed by atoms with E-state index in [1.807, 2.05) is 48.5 Å². The number of amides is 2. The summed E-state index contributed by atoms with van der Waals surface area (Å²) in [5.74, 6) is 0.918. The highest BCUT2D eigenvalue weighted by Crippen LogP contribution is 2.29. The number of hydrogen-bond donors (Lipinski definition) is 1. The molecule has 1 aromatic heterocycles. The predicted molar refractivity (Wildman–Crippen MR) is 139 cm³/mol. The molecule has 9 heteroatoms. The highest BCUT2D eigenvalue weighted by Gasteiger charge is 2.23. The average Bonchev–Trinajstić information content (AvgIpc) is 2.90. The number of rotatable bonds is 7. The number of carbonyl (C=O) groups excluding carboxylic acids is 2. The second kappa shape index (κ2) is 11.4. The van der Waals surface area contributed by atoms with Gasteiger partial charge in [0.15, 0.2) is 5.78 Å². The number of piperazine rings is 1. The van der Waals surface area contributed by atoms with Crippen LogP contribution in [0.4, 0.5) is 16.2 Å². The van der Waals surface area contributed by atoms with Gasteiger partial charge in [0.1, 0.15) is 5.75 Å². The predicted octanol–water partition coefficient (Wildman–Crippen LogP) is 5.57. The van der Waals surface area contributed by atoms with E-state index in [4.69, 9.17) is 27.9 Å². The fraction of sp³-hybridized carbons (Fsp3) is 0.269. The molecular formula is C26H26Cl2N4O3. The molecule has 3 aromatic rings. The lowest BCUT2D eigenvalue weighted by Gasteiger charge is -2.36. The number of halogens is 2. The van der Waals surface area contributed by atoms with E-state index >= 15 is 0 Å². The maximum Gasteiger partial charge on any atom is 0.322 e. The zero-order valence-electron chi connectivity index (χ0n) is 19.3. The lowest BCUT2D eigenvalue weighted by Crippen LogP contribution is -2.50. The standard InChI is InChI=1S/C26H26Cl2N4O3/c1-35-21-9-2-18(3-10-21)4-11-24(33)19-5-7-20(8-6-19)31-12-14-32(15-13-31)26(34)30-25-22(27)16-29-17-23(25)28/h2-3,5-10,16-17H,4,11-15H2,1H3,(H,29,30,34). The van der Waals surface area contributed by atoms with E-state index < -0.39 is 0 Å². The van der Waals surface area contributed by atoms with Crippen molar-refractivity contribution in [2.75, 3.05) is 43.5 Å². The molecule has 0 spiro atoms. The van der Waals surface area contributed by atoms with Gasteiger partial charge in [0, 0.05) is 56.2 Å². The summed E-state index contributed by atoms with van der Waals surface area (Å²) < 4.78 is 5.17. The molecule has 1 N–H and O–H groups in total. The SMILES string of the molecule is COc1ccc(CCC(=O)c2ccc(N3CCN(C(=O)Nc4c(Cl)cncc4Cl)CC3)cc2)cc1. The van der Waals surface area contributed by atoms with Gasteiger partial charge in [-0.05, 0) is 48.4 Å². The van der Waals surface area contributed by atoms with E-state index in [-0.39, 0.29) is 11.8 Å². The van der Waals surface area contributed by atoms with Gasteiger partial charge in [-0.3, -0.25) is 9.78 Å². The van der Waals surface area contributed by atoms with Crippen molar-refractivity contribution in [2.45, 2.75) is 12.8 Å². The number of ether oxygens (including phenoxy) is 1. The monoisotopic (exact) mass is 512 g/mol. The van der Waals surface area contributed by atoms with E-state index in [0.717, 1.165) is 17.0 Å². The van der Waals surface area contributed by atoms with Crippen molar-refractivity contribution in [3.63, 3.8) is 0 Å². The lowest BCUT2D eigenvalue weighted by molar-refractivity contribution is 0.0983. The van der Waals surface area contributed by atoms with Gasteiger partial charge in [-0.15, -0.1) is 0 Å². The third kappa shape index (κ3) is 6.24. The summed E-state index contributed by atoms with van der Waals surface area (Å²) in [6.07, 6.45) is 4.01. The Bertz CT molecular complexity index is 1160. The van der Waals surface area contributed by atoms with Crippen molar-refractivity contribution < 1.29 is 14.3 Å². The zero-order chi connectivity index (χ0) is 24.8. The van der Waals surface area contributed by atoms with Gasteiger partial charge in [0.05, 0.1) is 22.8 Å². The Morgan fingerprint density at radius 1 is 0.943 bits per heavy atom. The molecule has 1 aliphatic heterocycles. The number of urea groups is 1. The summed E-state index contributed by atoms with van der Waals surface area (Å²) >= 11 is 12.2. The number of carbonyl (C=O) groups is 2. The topological polar surface area (TPSA) is 74.8 Å². The number of anilines is 2. The van der Waals surface area contributed by atoms with Crippen molar-refractivity contribution in [3.05, 3.63) is 82.1 Å². The fourth-order valence-corrected chi connectivity index (χ4v) is 4.40. The molecule has 182 valence electrons. The second-order valence-corrected chi connectivity index (χ2v) is 9.01. The van der Waals surface area contributed by atoms with Crippen molar-refractivity contribution >= 4 is 46.4 Å². The number of nitrogens with one attached hydrogen (secondary N) is 1. The Labute approximate surface area is 214 Å². The molecule has 1 saturated heterocycles. The second-order valence-electron chi connectivity index (χ2n) is 8.20. The van der Waals surface area contributed by atoms with Crippen molar-refractivity contribution in [3.8, 4) is 5.75 Å². The average molecular weight is 513 g/mol. The number of aromatic nitrogens is 1. The number of ketones is 1. The summed E-state index contributed by atoms with van der Waals surface area (Å²) in [5, 5.41) is 3.36. The third-order valence-corrected chi connectivity index (χ3v) is 6.58. The first-order chi connectivity index (χ1) is 16.9. The summed E-state index contributed by atoms with van der Waals surface area (Å²) in [7, 11) is 1.63. The number of methoxy groups -OCH3 is 1. The molecule has 7 nitrogen and oxygen atoms in total. The summed E-state index contributed by atoms with van der Waals surface area (Å²) in [4.78, 5) is 33.1. The molecule has 2 aromatic carbocycles. The first kappa shape index (κ1) is 24.8. The Kier molecular flexibility index (Phi) is 8.10. The number of pyridine rings is 1. The molecule has 0 saturated carbocycles. The van der Waals surface area contributed by atoms with Crippen LogP contribution in [0.15, 0.2) is 60.9 Å². The number of Topliss-reactive ketones (excluding diaryl/α,β-unsaturated/α-hetero) is 1. The number of nitrogens with zero attached hydrogens (tertiary/aromatic N) is 3. The first-order valence-corrected chi connectivity index (χ1v) is 12.1. The van der Waals surface area contributed by atoms with Crippen LogP contribution in [-0.2, 0) is 6.42 Å². The van der Waals surface area contributed by atoms with Gasteiger partial charge in [0.25, 0.3) is 0 Å². The maximum absolute atomic E-state index is 12.6. The van der Waals surface area contributed by atoms with Gasteiger partial charge < -0.3 is 19.9 Å². The van der Waals surface area contributed by atoms with Crippen LogP contribution < -0.4 is 15.0 Å². The summed E-state index contributed by atoms with van der Waals surface area (Å²) in [6, 6.07) is 15.2. The van der Waals surface area contributed by atoms with Gasteiger partial charge >= 0.3 is 6.03 Å². The van der Waals surface area contributed by atoms with Crippen LogP contribution in [0.5, 0.6) is 5.75 Å². The zero-order valence-corrected chi connectivity index (χ0v) is 20.9. The molecule has 0 atom stereocenters. The Balaban J connectivity index is 1.27. The van der Waals surface area contributed by atoms with Gasteiger partial charge in [-0.25, -0.2) is 4.79 Å². The minimum absolute atomic E-state index is 0.113. The minimum atomic E-state index is -0.252. The van der Waals surface area contributed by atoms with Gasteiger partial charge in [-0.1, -0.05) is 35.3 Å². The molecule has 0 unspecified atom stereocenters. The van der Waals surface area contributed by atoms with Gasteiger partial charge in [0.2, 0.25) is 0 Å². The molecule has 35 heavy (non-hydrogen) atoms. The van der Waals surface area contributed by atoms with E-state index in [1.165, 1.54) is 12.4 Å². The maximum atomic E-state index is 12.6. The fourth-order valence-electron chi connectivity index (χ4n) is 3.94. The Morgan fingerprint density at radius 3 is 2.17 bits per heavy atom. The number of benzene rings is 2. The molecule has 4 rings (SSSR count). The van der Waals surface area contributed by atoms with Crippen LogP contribution in [0.3, 0.4) is 0 Å². The lowest BCUT2D eigenvalue weighted by atomic mass is 10.0. The molecule has 2 amide bonds. The molecule has 0 aliphatic carbocycles. The van der Waals surface area contributed by atoms with E-state index in [9.17, 15) is 9.59 Å². The molecule has 1 fully saturated rings. The van der Waals surface area contributed by atoms with Crippen LogP contribution >= 0.6 is 23.2 Å². The van der Waals surface area contributed by atoms with Crippen LogP contribution in [0, 0.1) is 0 Å². The van der Waals surface area contributed by atoms with Crippen LogP contribution in [0.2, 0.25) is 10.0 Å². The van der Waals surface area contributed by atoms with E-state index in [1.54, 1.807) is 12.0 Å². The molecule has 0 bridgehead atoms. The summed E-state index contributed by atoms with van der Waals surface area (Å²) in [5.41, 5.74) is 3.19. The molecule has 1 aliphatic rings. The molecular weight excluding hydrogens is 487 g/mol. The third-order valence-electron chi connectivity index (χ3n) is 6.01. The van der Waals surface area contributed by atoms with E-state index in [0.29, 0.717) is 60.3 Å². The number of hydrogen-bond acceptors (Lipinski definition) is 5. The van der Waals surface area contributed by atoms with Crippen LogP contribution in [0.1, 0.15) is 22.3 Å². The number of aryl methyl sites for hydroxylation is 1. The quantitative estimate of drug-likeness (QED) is 0.419. The first-order valence-electron chi connectivity index (χ1n) is 11.3. The van der Waals surface area contributed by atoms with Crippen molar-refractivity contribution in [2.24, 2.45) is 0 Å². The highest BCUT2D eigenvalue weighted by atomic mass is 35.5. The minimum Gasteiger partial charge on any atom is -0.497 e. The van der Waals surface area contributed by atoms with Crippen LogP contribution in [0.25, 0.3) is 0 Å². The van der Waals surface area contributed by atoms with Gasteiger partial charge in [-0.2, -0.15) is 0 Å². The summed E-state index contributed by atoms with van der Waals surface area (Å²) in [6.45, 7) is 2.45.